The summed E-state index contributed by atoms with van der Waals surface area (Å²) in [6, 6.07) is 7.23. The zero-order chi connectivity index (χ0) is 16.9. The maximum Gasteiger partial charge on any atom is 0.411 e. The Morgan fingerprint density at radius 1 is 1.26 bits per heavy atom. The SMILES string of the molecule is O=C(NCCCOCC(F)(F)F)C1(c2ccc(Cl)cc2)CCC1. The molecule has 0 atom stereocenters. The van der Waals surface area contributed by atoms with Gasteiger partial charge in [-0.3, -0.25) is 4.79 Å². The molecule has 0 aromatic heterocycles. The van der Waals surface area contributed by atoms with Gasteiger partial charge >= 0.3 is 6.18 Å². The Morgan fingerprint density at radius 2 is 1.91 bits per heavy atom. The van der Waals surface area contributed by atoms with Crippen molar-refractivity contribution in [3.63, 3.8) is 0 Å². The van der Waals surface area contributed by atoms with E-state index in [4.69, 9.17) is 11.6 Å². The zero-order valence-corrected chi connectivity index (χ0v) is 13.3. The molecular formula is C16H19ClF3NO2. The Morgan fingerprint density at radius 3 is 2.43 bits per heavy atom. The van der Waals surface area contributed by atoms with Gasteiger partial charge in [-0.25, -0.2) is 0 Å². The summed E-state index contributed by atoms with van der Waals surface area (Å²) in [6.45, 7) is -0.991. The number of hydrogen-bond donors (Lipinski definition) is 1. The first-order valence-electron chi connectivity index (χ1n) is 7.52. The van der Waals surface area contributed by atoms with Crippen molar-refractivity contribution in [2.24, 2.45) is 0 Å². The lowest BCUT2D eigenvalue weighted by atomic mass is 9.64. The minimum absolute atomic E-state index is 0.0340. The Balaban J connectivity index is 1.79. The van der Waals surface area contributed by atoms with Crippen LogP contribution in [0, 0.1) is 0 Å². The maximum atomic E-state index is 12.5. The number of halogens is 4. The Bertz CT molecular complexity index is 527. The molecule has 0 bridgehead atoms. The Hall–Kier alpha value is -1.27. The Labute approximate surface area is 138 Å². The third-order valence-electron chi connectivity index (χ3n) is 4.06. The lowest BCUT2D eigenvalue weighted by Gasteiger charge is -2.40. The monoisotopic (exact) mass is 349 g/mol. The molecule has 0 aliphatic heterocycles. The molecular weight excluding hydrogens is 331 g/mol. The first kappa shape index (κ1) is 18.1. The van der Waals surface area contributed by atoms with Crippen LogP contribution in [0.25, 0.3) is 0 Å². The lowest BCUT2D eigenvalue weighted by Crippen LogP contribution is -2.49. The van der Waals surface area contributed by atoms with Crippen molar-refractivity contribution < 1.29 is 22.7 Å². The molecule has 7 heteroatoms. The van der Waals surface area contributed by atoms with Crippen LogP contribution in [0.2, 0.25) is 5.02 Å². The van der Waals surface area contributed by atoms with Crippen LogP contribution in [-0.2, 0) is 14.9 Å². The molecule has 0 spiro atoms. The summed E-state index contributed by atoms with van der Waals surface area (Å²) in [6.07, 6.45) is -1.45. The minimum Gasteiger partial charge on any atom is -0.372 e. The molecule has 2 rings (SSSR count). The molecule has 1 N–H and O–H groups in total. The van der Waals surface area contributed by atoms with Crippen molar-refractivity contribution in [1.29, 1.82) is 0 Å². The Kier molecular flexibility index (Phi) is 5.92. The fourth-order valence-corrected chi connectivity index (χ4v) is 2.81. The molecule has 1 aromatic rings. The third-order valence-corrected chi connectivity index (χ3v) is 4.31. The van der Waals surface area contributed by atoms with Gasteiger partial charge in [0.25, 0.3) is 0 Å². The lowest BCUT2D eigenvalue weighted by molar-refractivity contribution is -0.174. The van der Waals surface area contributed by atoms with E-state index in [1.54, 1.807) is 12.1 Å². The van der Waals surface area contributed by atoms with Crippen LogP contribution < -0.4 is 5.32 Å². The van der Waals surface area contributed by atoms with Gasteiger partial charge in [-0.2, -0.15) is 13.2 Å². The van der Waals surface area contributed by atoms with Crippen molar-refractivity contribution in [1.82, 2.24) is 5.32 Å². The molecule has 1 fully saturated rings. The minimum atomic E-state index is -4.31. The van der Waals surface area contributed by atoms with E-state index in [9.17, 15) is 18.0 Å². The smallest absolute Gasteiger partial charge is 0.372 e. The van der Waals surface area contributed by atoms with Crippen LogP contribution >= 0.6 is 11.6 Å². The van der Waals surface area contributed by atoms with Crippen molar-refractivity contribution in [3.05, 3.63) is 34.9 Å². The topological polar surface area (TPSA) is 38.3 Å². The zero-order valence-electron chi connectivity index (χ0n) is 12.6. The number of ether oxygens (including phenoxy) is 1. The van der Waals surface area contributed by atoms with Crippen LogP contribution in [0.3, 0.4) is 0 Å². The third kappa shape index (κ3) is 4.85. The van der Waals surface area contributed by atoms with Crippen LogP contribution in [0.5, 0.6) is 0 Å². The van der Waals surface area contributed by atoms with Crippen LogP contribution in [0.15, 0.2) is 24.3 Å². The highest BCUT2D eigenvalue weighted by molar-refractivity contribution is 6.30. The number of rotatable bonds is 7. The van der Waals surface area contributed by atoms with E-state index in [-0.39, 0.29) is 12.5 Å². The fourth-order valence-electron chi connectivity index (χ4n) is 2.68. The number of carbonyl (C=O) groups is 1. The summed E-state index contributed by atoms with van der Waals surface area (Å²) in [5.41, 5.74) is 0.399. The number of amides is 1. The average molecular weight is 350 g/mol. The van der Waals surface area contributed by atoms with Gasteiger partial charge in [0, 0.05) is 18.2 Å². The first-order chi connectivity index (χ1) is 10.8. The molecule has 1 aliphatic carbocycles. The van der Waals surface area contributed by atoms with Crippen molar-refractivity contribution >= 4 is 17.5 Å². The summed E-state index contributed by atoms with van der Waals surface area (Å²) >= 11 is 5.87. The van der Waals surface area contributed by atoms with Crippen molar-refractivity contribution in [2.45, 2.75) is 37.3 Å². The molecule has 0 unspecified atom stereocenters. The second-order valence-electron chi connectivity index (χ2n) is 5.72. The summed E-state index contributed by atoms with van der Waals surface area (Å²) in [5, 5.41) is 3.42. The molecule has 1 amide bonds. The highest BCUT2D eigenvalue weighted by Gasteiger charge is 2.45. The van der Waals surface area contributed by atoms with Gasteiger partial charge in [0.2, 0.25) is 5.91 Å². The van der Waals surface area contributed by atoms with Gasteiger partial charge < -0.3 is 10.1 Å². The summed E-state index contributed by atoms with van der Waals surface area (Å²) in [5.74, 6) is -0.0816. The van der Waals surface area contributed by atoms with E-state index in [0.29, 0.717) is 18.0 Å². The number of benzene rings is 1. The van der Waals surface area contributed by atoms with E-state index in [1.807, 2.05) is 12.1 Å². The van der Waals surface area contributed by atoms with Crippen LogP contribution in [-0.4, -0.2) is 31.8 Å². The molecule has 128 valence electrons. The van der Waals surface area contributed by atoms with Gasteiger partial charge in [0.05, 0.1) is 5.41 Å². The van der Waals surface area contributed by atoms with Gasteiger partial charge in [0.15, 0.2) is 0 Å². The van der Waals surface area contributed by atoms with Crippen molar-refractivity contribution in [3.8, 4) is 0 Å². The summed E-state index contributed by atoms with van der Waals surface area (Å²) < 4.78 is 40.3. The molecule has 0 radical (unpaired) electrons. The molecule has 3 nitrogen and oxygen atoms in total. The standard InChI is InChI=1S/C16H19ClF3NO2/c17-13-5-3-12(4-6-13)15(7-1-8-15)14(22)21-9-2-10-23-11-16(18,19)20/h3-6H,1-2,7-11H2,(H,21,22). The summed E-state index contributed by atoms with van der Waals surface area (Å²) in [7, 11) is 0. The van der Waals surface area contributed by atoms with E-state index in [0.717, 1.165) is 24.8 Å². The average Bonchev–Trinajstić information content (AvgIpc) is 2.42. The first-order valence-corrected chi connectivity index (χ1v) is 7.90. The maximum absolute atomic E-state index is 12.5. The second-order valence-corrected chi connectivity index (χ2v) is 6.16. The molecule has 1 aliphatic rings. The number of alkyl halides is 3. The normalized spacial score (nSPS) is 16.7. The molecule has 23 heavy (non-hydrogen) atoms. The van der Waals surface area contributed by atoms with Crippen LogP contribution in [0.1, 0.15) is 31.2 Å². The van der Waals surface area contributed by atoms with E-state index < -0.39 is 18.2 Å². The molecule has 0 heterocycles. The summed E-state index contributed by atoms with van der Waals surface area (Å²) in [4.78, 5) is 12.5. The molecule has 1 saturated carbocycles. The van der Waals surface area contributed by atoms with Gasteiger partial charge in [-0.05, 0) is 37.0 Å². The number of hydrogen-bond acceptors (Lipinski definition) is 2. The van der Waals surface area contributed by atoms with Crippen molar-refractivity contribution in [2.75, 3.05) is 19.8 Å². The van der Waals surface area contributed by atoms with Crippen LogP contribution in [0.4, 0.5) is 13.2 Å². The van der Waals surface area contributed by atoms with Gasteiger partial charge in [-0.15, -0.1) is 0 Å². The number of nitrogens with one attached hydrogen (secondary N) is 1. The number of carbonyl (C=O) groups excluding carboxylic acids is 1. The van der Waals surface area contributed by atoms with E-state index >= 15 is 0 Å². The second kappa shape index (κ2) is 7.53. The predicted octanol–water partition coefficient (Wildman–Crippen LogP) is 3.85. The quantitative estimate of drug-likeness (QED) is 0.759. The van der Waals surface area contributed by atoms with Gasteiger partial charge in [0.1, 0.15) is 6.61 Å². The van der Waals surface area contributed by atoms with Gasteiger partial charge in [-0.1, -0.05) is 30.2 Å². The highest BCUT2D eigenvalue weighted by Crippen LogP contribution is 2.44. The van der Waals surface area contributed by atoms with E-state index in [2.05, 4.69) is 10.1 Å². The molecule has 1 aromatic carbocycles. The van der Waals surface area contributed by atoms with E-state index in [1.165, 1.54) is 0 Å². The highest BCUT2D eigenvalue weighted by atomic mass is 35.5. The predicted molar refractivity (Wildman–Crippen MR) is 81.5 cm³/mol. The fraction of sp³-hybridized carbons (Fsp3) is 0.562. The largest absolute Gasteiger partial charge is 0.411 e. The molecule has 0 saturated heterocycles.